The summed E-state index contributed by atoms with van der Waals surface area (Å²) >= 11 is 7.61. The Morgan fingerprint density at radius 1 is 1.43 bits per heavy atom. The SMILES string of the molecule is CSc1ccc(Cl)c(C(=O)NCC2(CC(=O)O)CCC2)c1. The van der Waals surface area contributed by atoms with Crippen LogP contribution in [-0.4, -0.2) is 29.8 Å². The van der Waals surface area contributed by atoms with Crippen LogP contribution in [-0.2, 0) is 4.79 Å². The van der Waals surface area contributed by atoms with Gasteiger partial charge in [-0.05, 0) is 42.7 Å². The highest BCUT2D eigenvalue weighted by Gasteiger charge is 2.39. The summed E-state index contributed by atoms with van der Waals surface area (Å²) in [6, 6.07) is 5.33. The molecule has 114 valence electrons. The zero-order valence-electron chi connectivity index (χ0n) is 11.8. The molecule has 1 aromatic rings. The van der Waals surface area contributed by atoms with Gasteiger partial charge in [0.2, 0.25) is 0 Å². The Hall–Kier alpha value is -1.20. The second-order valence-electron chi connectivity index (χ2n) is 5.45. The summed E-state index contributed by atoms with van der Waals surface area (Å²) in [5, 5.41) is 12.2. The van der Waals surface area contributed by atoms with Crippen molar-refractivity contribution in [2.24, 2.45) is 5.41 Å². The first-order chi connectivity index (χ1) is 9.96. The summed E-state index contributed by atoms with van der Waals surface area (Å²) in [5.74, 6) is -1.06. The van der Waals surface area contributed by atoms with Crippen molar-refractivity contribution in [1.29, 1.82) is 0 Å². The molecule has 2 rings (SSSR count). The zero-order valence-corrected chi connectivity index (χ0v) is 13.4. The molecule has 1 aromatic carbocycles. The summed E-state index contributed by atoms with van der Waals surface area (Å²) in [7, 11) is 0. The van der Waals surface area contributed by atoms with Crippen molar-refractivity contribution < 1.29 is 14.7 Å². The van der Waals surface area contributed by atoms with Gasteiger partial charge in [0.05, 0.1) is 17.0 Å². The first-order valence-corrected chi connectivity index (χ1v) is 8.40. The molecule has 0 bridgehead atoms. The number of aliphatic carboxylic acids is 1. The molecular weight excluding hydrogens is 310 g/mol. The highest BCUT2D eigenvalue weighted by atomic mass is 35.5. The van der Waals surface area contributed by atoms with E-state index in [1.807, 2.05) is 12.3 Å². The molecule has 0 spiro atoms. The van der Waals surface area contributed by atoms with Crippen molar-refractivity contribution in [3.8, 4) is 0 Å². The molecule has 0 unspecified atom stereocenters. The fourth-order valence-electron chi connectivity index (χ4n) is 2.58. The summed E-state index contributed by atoms with van der Waals surface area (Å²) in [6.45, 7) is 0.387. The van der Waals surface area contributed by atoms with Gasteiger partial charge in [0.25, 0.3) is 5.91 Å². The van der Waals surface area contributed by atoms with Gasteiger partial charge in [-0.2, -0.15) is 0 Å². The Morgan fingerprint density at radius 2 is 2.14 bits per heavy atom. The predicted molar refractivity (Wildman–Crippen MR) is 84.1 cm³/mol. The number of rotatable bonds is 6. The van der Waals surface area contributed by atoms with Gasteiger partial charge >= 0.3 is 5.97 Å². The lowest BCUT2D eigenvalue weighted by molar-refractivity contribution is -0.141. The van der Waals surface area contributed by atoms with E-state index in [-0.39, 0.29) is 17.7 Å². The third-order valence-electron chi connectivity index (χ3n) is 3.98. The van der Waals surface area contributed by atoms with Gasteiger partial charge < -0.3 is 10.4 Å². The van der Waals surface area contributed by atoms with Gasteiger partial charge in [0, 0.05) is 11.4 Å². The van der Waals surface area contributed by atoms with E-state index in [1.54, 1.807) is 23.9 Å². The molecular formula is C15H18ClNO3S. The molecule has 1 saturated carbocycles. The van der Waals surface area contributed by atoms with Crippen LogP contribution in [0.1, 0.15) is 36.0 Å². The maximum atomic E-state index is 12.3. The molecule has 0 aliphatic heterocycles. The van der Waals surface area contributed by atoms with E-state index < -0.39 is 5.97 Å². The number of nitrogens with one attached hydrogen (secondary N) is 1. The van der Waals surface area contributed by atoms with E-state index in [9.17, 15) is 9.59 Å². The van der Waals surface area contributed by atoms with Crippen molar-refractivity contribution >= 4 is 35.2 Å². The fourth-order valence-corrected chi connectivity index (χ4v) is 3.23. The monoisotopic (exact) mass is 327 g/mol. The fraction of sp³-hybridized carbons (Fsp3) is 0.467. The maximum absolute atomic E-state index is 12.3. The molecule has 21 heavy (non-hydrogen) atoms. The Morgan fingerprint density at radius 3 is 2.67 bits per heavy atom. The van der Waals surface area contributed by atoms with Gasteiger partial charge in [-0.25, -0.2) is 0 Å². The van der Waals surface area contributed by atoms with Crippen LogP contribution in [0.2, 0.25) is 5.02 Å². The van der Waals surface area contributed by atoms with Gasteiger partial charge in [-0.3, -0.25) is 9.59 Å². The van der Waals surface area contributed by atoms with Crippen molar-refractivity contribution in [2.75, 3.05) is 12.8 Å². The van der Waals surface area contributed by atoms with E-state index in [0.717, 1.165) is 24.2 Å². The van der Waals surface area contributed by atoms with Crippen LogP contribution in [0.25, 0.3) is 0 Å². The lowest BCUT2D eigenvalue weighted by Gasteiger charge is -2.40. The summed E-state index contributed by atoms with van der Waals surface area (Å²) in [4.78, 5) is 24.1. The second-order valence-corrected chi connectivity index (χ2v) is 6.74. The van der Waals surface area contributed by atoms with E-state index >= 15 is 0 Å². The van der Waals surface area contributed by atoms with Crippen molar-refractivity contribution in [3.05, 3.63) is 28.8 Å². The maximum Gasteiger partial charge on any atom is 0.303 e. The second kappa shape index (κ2) is 6.71. The number of carbonyl (C=O) groups is 2. The first-order valence-electron chi connectivity index (χ1n) is 6.79. The number of amides is 1. The predicted octanol–water partition coefficient (Wildman–Crippen LogP) is 3.44. The number of thioether (sulfide) groups is 1. The van der Waals surface area contributed by atoms with Crippen LogP contribution < -0.4 is 5.32 Å². The summed E-state index contributed by atoms with van der Waals surface area (Å²) in [6.07, 6.45) is 4.75. The first kappa shape index (κ1) is 16.2. The number of hydrogen-bond donors (Lipinski definition) is 2. The summed E-state index contributed by atoms with van der Waals surface area (Å²) < 4.78 is 0. The molecule has 0 heterocycles. The number of carboxylic acids is 1. The minimum atomic E-state index is -0.814. The Labute approximate surface area is 133 Å². The van der Waals surface area contributed by atoms with Crippen LogP contribution in [0.5, 0.6) is 0 Å². The van der Waals surface area contributed by atoms with Gasteiger partial charge in [0.15, 0.2) is 0 Å². The minimum Gasteiger partial charge on any atom is -0.481 e. The largest absolute Gasteiger partial charge is 0.481 e. The number of hydrogen-bond acceptors (Lipinski definition) is 3. The molecule has 6 heteroatoms. The Kier molecular flexibility index (Phi) is 5.17. The standard InChI is InChI=1S/C15H18ClNO3S/c1-21-10-3-4-12(16)11(7-10)14(20)17-9-15(5-2-6-15)8-13(18)19/h3-4,7H,2,5-6,8-9H2,1H3,(H,17,20)(H,18,19). The van der Waals surface area contributed by atoms with Crippen molar-refractivity contribution in [3.63, 3.8) is 0 Å². The molecule has 4 nitrogen and oxygen atoms in total. The van der Waals surface area contributed by atoms with Crippen LogP contribution in [0.3, 0.4) is 0 Å². The number of carboxylic acid groups (broad SMARTS) is 1. The molecule has 1 amide bonds. The van der Waals surface area contributed by atoms with E-state index in [2.05, 4.69) is 5.32 Å². The van der Waals surface area contributed by atoms with Gasteiger partial charge in [-0.15, -0.1) is 11.8 Å². The Balaban J connectivity index is 2.03. The molecule has 0 aromatic heterocycles. The average Bonchev–Trinajstić information content (AvgIpc) is 2.41. The highest BCUT2D eigenvalue weighted by Crippen LogP contribution is 2.43. The van der Waals surface area contributed by atoms with Crippen molar-refractivity contribution in [2.45, 2.75) is 30.6 Å². The van der Waals surface area contributed by atoms with Crippen LogP contribution in [0.4, 0.5) is 0 Å². The van der Waals surface area contributed by atoms with Crippen LogP contribution >= 0.6 is 23.4 Å². The zero-order chi connectivity index (χ0) is 15.5. The molecule has 1 aliphatic carbocycles. The smallest absolute Gasteiger partial charge is 0.303 e. The third-order valence-corrected chi connectivity index (χ3v) is 5.04. The Bertz CT molecular complexity index is 558. The molecule has 0 radical (unpaired) electrons. The molecule has 1 fully saturated rings. The van der Waals surface area contributed by atoms with Crippen LogP contribution in [0.15, 0.2) is 23.1 Å². The summed E-state index contributed by atoms with van der Waals surface area (Å²) in [5.41, 5.74) is 0.152. The lowest BCUT2D eigenvalue weighted by Crippen LogP contribution is -2.43. The minimum absolute atomic E-state index is 0.103. The van der Waals surface area contributed by atoms with Crippen LogP contribution in [0, 0.1) is 5.41 Å². The molecule has 2 N–H and O–H groups in total. The normalized spacial score (nSPS) is 16.1. The molecule has 0 atom stereocenters. The number of carbonyl (C=O) groups excluding carboxylic acids is 1. The average molecular weight is 328 g/mol. The van der Waals surface area contributed by atoms with E-state index in [1.165, 1.54) is 0 Å². The molecule has 1 aliphatic rings. The molecule has 0 saturated heterocycles. The van der Waals surface area contributed by atoms with E-state index in [0.29, 0.717) is 17.1 Å². The quantitative estimate of drug-likeness (QED) is 0.785. The van der Waals surface area contributed by atoms with Gasteiger partial charge in [0.1, 0.15) is 0 Å². The topological polar surface area (TPSA) is 66.4 Å². The highest BCUT2D eigenvalue weighted by molar-refractivity contribution is 7.98. The van der Waals surface area contributed by atoms with E-state index in [4.69, 9.17) is 16.7 Å². The number of halogens is 1. The lowest BCUT2D eigenvalue weighted by atomic mass is 9.66. The van der Waals surface area contributed by atoms with Gasteiger partial charge in [-0.1, -0.05) is 18.0 Å². The van der Waals surface area contributed by atoms with Crippen molar-refractivity contribution in [1.82, 2.24) is 5.32 Å². The third kappa shape index (κ3) is 3.92. The number of benzene rings is 1.